The average molecular weight is 299 g/mol. The van der Waals surface area contributed by atoms with Crippen molar-refractivity contribution < 1.29 is 4.74 Å². The standard InChI is InChI=1S/C16H21N5O/c1-3-4-14-19-15(17)21-16(20-14)18-12-7-8-22-13-6-5-10(2)9-11(12)13/h5-6,9,12H,3-4,7-8H2,1-2H3,(H3,17,18,19,20,21)/t12-/m1/s1. The van der Waals surface area contributed by atoms with Gasteiger partial charge in [-0.2, -0.15) is 15.0 Å². The third-order valence-corrected chi connectivity index (χ3v) is 3.68. The number of nitrogens with one attached hydrogen (secondary N) is 1. The van der Waals surface area contributed by atoms with Crippen molar-refractivity contribution in [3.8, 4) is 5.75 Å². The number of rotatable bonds is 4. The molecule has 2 aromatic rings. The number of nitrogens with two attached hydrogens (primary N) is 1. The van der Waals surface area contributed by atoms with E-state index in [-0.39, 0.29) is 12.0 Å². The summed E-state index contributed by atoms with van der Waals surface area (Å²) in [4.78, 5) is 12.8. The van der Waals surface area contributed by atoms with E-state index in [0.29, 0.717) is 12.6 Å². The molecule has 2 heterocycles. The van der Waals surface area contributed by atoms with Crippen molar-refractivity contribution in [1.82, 2.24) is 15.0 Å². The maximum absolute atomic E-state index is 5.79. The van der Waals surface area contributed by atoms with Crippen LogP contribution >= 0.6 is 0 Å². The number of hydrogen-bond donors (Lipinski definition) is 2. The molecule has 3 rings (SSSR count). The molecule has 0 spiro atoms. The van der Waals surface area contributed by atoms with Crippen molar-refractivity contribution in [2.45, 2.75) is 39.2 Å². The number of aromatic nitrogens is 3. The Morgan fingerprint density at radius 3 is 3.00 bits per heavy atom. The fraction of sp³-hybridized carbons (Fsp3) is 0.438. The second-order valence-electron chi connectivity index (χ2n) is 5.56. The lowest BCUT2D eigenvalue weighted by molar-refractivity contribution is 0.274. The van der Waals surface area contributed by atoms with Crippen LogP contribution in [0.4, 0.5) is 11.9 Å². The number of ether oxygens (including phenoxy) is 1. The smallest absolute Gasteiger partial charge is 0.228 e. The minimum Gasteiger partial charge on any atom is -0.493 e. The Kier molecular flexibility index (Phi) is 4.09. The Morgan fingerprint density at radius 1 is 1.32 bits per heavy atom. The quantitative estimate of drug-likeness (QED) is 0.902. The number of nitrogen functional groups attached to an aromatic ring is 1. The predicted octanol–water partition coefficient (Wildman–Crippen LogP) is 2.65. The van der Waals surface area contributed by atoms with E-state index < -0.39 is 0 Å². The van der Waals surface area contributed by atoms with Crippen molar-refractivity contribution >= 4 is 11.9 Å². The first-order valence-electron chi connectivity index (χ1n) is 7.66. The molecule has 0 bridgehead atoms. The monoisotopic (exact) mass is 299 g/mol. The van der Waals surface area contributed by atoms with E-state index in [1.165, 1.54) is 5.56 Å². The fourth-order valence-corrected chi connectivity index (χ4v) is 2.66. The molecule has 0 saturated heterocycles. The van der Waals surface area contributed by atoms with Crippen molar-refractivity contribution in [3.05, 3.63) is 35.2 Å². The van der Waals surface area contributed by atoms with Crippen LogP contribution in [-0.2, 0) is 6.42 Å². The summed E-state index contributed by atoms with van der Waals surface area (Å²) in [7, 11) is 0. The van der Waals surface area contributed by atoms with Gasteiger partial charge in [0.1, 0.15) is 11.6 Å². The van der Waals surface area contributed by atoms with Gasteiger partial charge in [-0.3, -0.25) is 0 Å². The summed E-state index contributed by atoms with van der Waals surface area (Å²) >= 11 is 0. The molecule has 0 aliphatic carbocycles. The summed E-state index contributed by atoms with van der Waals surface area (Å²) < 4.78 is 5.71. The van der Waals surface area contributed by atoms with E-state index in [9.17, 15) is 0 Å². The van der Waals surface area contributed by atoms with Crippen LogP contribution in [-0.4, -0.2) is 21.6 Å². The maximum atomic E-state index is 5.79. The highest BCUT2D eigenvalue weighted by Gasteiger charge is 2.22. The lowest BCUT2D eigenvalue weighted by atomic mass is 9.99. The lowest BCUT2D eigenvalue weighted by Gasteiger charge is -2.27. The van der Waals surface area contributed by atoms with Gasteiger partial charge in [-0.05, 0) is 19.4 Å². The zero-order valence-corrected chi connectivity index (χ0v) is 13.0. The summed E-state index contributed by atoms with van der Waals surface area (Å²) in [5.41, 5.74) is 8.13. The molecular formula is C16H21N5O. The van der Waals surface area contributed by atoms with Gasteiger partial charge in [-0.15, -0.1) is 0 Å². The SMILES string of the molecule is CCCc1nc(N)nc(N[C@@H]2CCOc3ccc(C)cc32)n1. The molecule has 1 aromatic carbocycles. The number of benzene rings is 1. The number of hydrogen-bond acceptors (Lipinski definition) is 6. The molecule has 0 radical (unpaired) electrons. The van der Waals surface area contributed by atoms with E-state index in [4.69, 9.17) is 10.5 Å². The molecule has 1 atom stereocenters. The summed E-state index contributed by atoms with van der Waals surface area (Å²) in [6, 6.07) is 6.34. The average Bonchev–Trinajstić information content (AvgIpc) is 2.48. The molecule has 0 amide bonds. The zero-order chi connectivity index (χ0) is 15.5. The normalized spacial score (nSPS) is 16.7. The van der Waals surface area contributed by atoms with Gasteiger partial charge in [0.15, 0.2) is 0 Å². The van der Waals surface area contributed by atoms with E-state index in [1.807, 2.05) is 6.07 Å². The van der Waals surface area contributed by atoms with Gasteiger partial charge in [0, 0.05) is 18.4 Å². The minimum atomic E-state index is 0.125. The largest absolute Gasteiger partial charge is 0.493 e. The number of aryl methyl sites for hydroxylation is 2. The molecule has 6 heteroatoms. The van der Waals surface area contributed by atoms with E-state index in [2.05, 4.69) is 46.2 Å². The third-order valence-electron chi connectivity index (χ3n) is 3.68. The topological polar surface area (TPSA) is 86.0 Å². The summed E-state index contributed by atoms with van der Waals surface area (Å²) in [6.07, 6.45) is 2.64. The molecule has 22 heavy (non-hydrogen) atoms. The van der Waals surface area contributed by atoms with Crippen molar-refractivity contribution in [2.24, 2.45) is 0 Å². The highest BCUT2D eigenvalue weighted by Crippen LogP contribution is 2.34. The molecule has 0 fully saturated rings. The van der Waals surface area contributed by atoms with Crippen LogP contribution in [0, 0.1) is 6.92 Å². The summed E-state index contributed by atoms with van der Waals surface area (Å²) in [5.74, 6) is 2.45. The van der Waals surface area contributed by atoms with Gasteiger partial charge < -0.3 is 15.8 Å². The molecule has 3 N–H and O–H groups in total. The van der Waals surface area contributed by atoms with E-state index in [1.54, 1.807) is 0 Å². The van der Waals surface area contributed by atoms with Gasteiger partial charge in [0.25, 0.3) is 0 Å². The zero-order valence-electron chi connectivity index (χ0n) is 13.0. The predicted molar refractivity (Wildman–Crippen MR) is 85.9 cm³/mol. The Balaban J connectivity index is 1.87. The van der Waals surface area contributed by atoms with E-state index in [0.717, 1.165) is 36.4 Å². The maximum Gasteiger partial charge on any atom is 0.228 e. The Bertz CT molecular complexity index is 674. The van der Waals surface area contributed by atoms with Crippen molar-refractivity contribution in [2.75, 3.05) is 17.7 Å². The van der Waals surface area contributed by atoms with Gasteiger partial charge in [0.05, 0.1) is 12.6 Å². The van der Waals surface area contributed by atoms with Crippen LogP contribution in [0.15, 0.2) is 18.2 Å². The number of anilines is 2. The minimum absolute atomic E-state index is 0.125. The molecule has 1 aliphatic rings. The number of fused-ring (bicyclic) bond motifs is 1. The van der Waals surface area contributed by atoms with Crippen molar-refractivity contribution in [1.29, 1.82) is 0 Å². The van der Waals surface area contributed by atoms with Gasteiger partial charge in [-0.25, -0.2) is 0 Å². The van der Waals surface area contributed by atoms with Crippen LogP contribution in [0.25, 0.3) is 0 Å². The molecular weight excluding hydrogens is 278 g/mol. The second kappa shape index (κ2) is 6.17. The third kappa shape index (κ3) is 3.10. The molecule has 1 aliphatic heterocycles. The molecule has 0 unspecified atom stereocenters. The summed E-state index contributed by atoms with van der Waals surface area (Å²) in [6.45, 7) is 4.84. The van der Waals surface area contributed by atoms with Gasteiger partial charge >= 0.3 is 0 Å². The van der Waals surface area contributed by atoms with Crippen LogP contribution in [0.2, 0.25) is 0 Å². The highest BCUT2D eigenvalue weighted by molar-refractivity contribution is 5.44. The Labute approximate surface area is 130 Å². The summed E-state index contributed by atoms with van der Waals surface area (Å²) in [5, 5.41) is 3.38. The lowest BCUT2D eigenvalue weighted by Crippen LogP contribution is -2.22. The van der Waals surface area contributed by atoms with Crippen LogP contribution in [0.5, 0.6) is 5.75 Å². The Morgan fingerprint density at radius 2 is 2.18 bits per heavy atom. The Hall–Kier alpha value is -2.37. The van der Waals surface area contributed by atoms with Gasteiger partial charge in [0.2, 0.25) is 11.9 Å². The molecule has 6 nitrogen and oxygen atoms in total. The van der Waals surface area contributed by atoms with E-state index >= 15 is 0 Å². The molecule has 0 saturated carbocycles. The van der Waals surface area contributed by atoms with Crippen LogP contribution in [0.1, 0.15) is 42.8 Å². The van der Waals surface area contributed by atoms with Crippen molar-refractivity contribution in [3.63, 3.8) is 0 Å². The first-order valence-corrected chi connectivity index (χ1v) is 7.66. The fourth-order valence-electron chi connectivity index (χ4n) is 2.66. The van der Waals surface area contributed by atoms with Gasteiger partial charge in [-0.1, -0.05) is 24.6 Å². The highest BCUT2D eigenvalue weighted by atomic mass is 16.5. The van der Waals surface area contributed by atoms with Crippen LogP contribution in [0.3, 0.4) is 0 Å². The first-order chi connectivity index (χ1) is 10.7. The first kappa shape index (κ1) is 14.6. The molecule has 1 aromatic heterocycles. The second-order valence-corrected chi connectivity index (χ2v) is 5.56. The molecule has 116 valence electrons. The number of nitrogens with zero attached hydrogens (tertiary/aromatic N) is 3. The van der Waals surface area contributed by atoms with Crippen LogP contribution < -0.4 is 15.8 Å².